The minimum Gasteiger partial charge on any atom is -0.364 e. The third-order valence-electron chi connectivity index (χ3n) is 4.69. The number of hydrogen-bond donors (Lipinski definition) is 1. The second-order valence-corrected chi connectivity index (χ2v) is 7.45. The van der Waals surface area contributed by atoms with E-state index in [1.807, 2.05) is 11.5 Å². The predicted octanol–water partition coefficient (Wildman–Crippen LogP) is 5.04. The van der Waals surface area contributed by atoms with Gasteiger partial charge in [-0.1, -0.05) is 43.5 Å². The molecule has 1 amide bonds. The van der Waals surface area contributed by atoms with Crippen LogP contribution in [-0.2, 0) is 13.0 Å². The van der Waals surface area contributed by atoms with Gasteiger partial charge in [-0.15, -0.1) is 0 Å². The van der Waals surface area contributed by atoms with Crippen molar-refractivity contribution in [1.82, 2.24) is 9.55 Å². The van der Waals surface area contributed by atoms with Gasteiger partial charge < -0.3 is 10.3 Å². The van der Waals surface area contributed by atoms with Crippen LogP contribution in [0.3, 0.4) is 0 Å². The average molecular weight is 418 g/mol. The average Bonchev–Trinajstić information content (AvgIpc) is 2.97. The molecule has 0 aliphatic carbocycles. The molecule has 0 saturated carbocycles. The lowest BCUT2D eigenvalue weighted by Crippen LogP contribution is -2.14. The Hall–Kier alpha value is -2.37. The highest BCUT2D eigenvalue weighted by atomic mass is 35.5. The van der Waals surface area contributed by atoms with Gasteiger partial charge in [-0.25, -0.2) is 4.98 Å². The van der Waals surface area contributed by atoms with Gasteiger partial charge in [-0.2, -0.15) is 0 Å². The molecule has 0 aliphatic heterocycles. The quantitative estimate of drug-likeness (QED) is 0.547. The number of nitrogens with zero attached hydrogens (tertiary/aromatic N) is 2. The molecule has 3 rings (SSSR count). The van der Waals surface area contributed by atoms with E-state index in [1.165, 1.54) is 0 Å². The van der Waals surface area contributed by atoms with Crippen LogP contribution in [0.15, 0.2) is 30.3 Å². The number of fused-ring (bicyclic) bond motifs is 1. The second-order valence-electron chi connectivity index (χ2n) is 6.60. The van der Waals surface area contributed by atoms with Crippen molar-refractivity contribution in [2.24, 2.45) is 5.73 Å². The van der Waals surface area contributed by atoms with Gasteiger partial charge in [-0.3, -0.25) is 9.59 Å². The first kappa shape index (κ1) is 20.4. The van der Waals surface area contributed by atoms with E-state index < -0.39 is 5.91 Å². The molecule has 146 valence electrons. The number of nitrogens with two attached hydrogens (primary N) is 1. The van der Waals surface area contributed by atoms with Crippen LogP contribution < -0.4 is 5.73 Å². The maximum atomic E-state index is 12.7. The highest BCUT2D eigenvalue weighted by Crippen LogP contribution is 2.30. The number of rotatable bonds is 7. The van der Waals surface area contributed by atoms with Gasteiger partial charge in [0.15, 0.2) is 5.78 Å². The standard InChI is InChI=1S/C21H21Cl2N3O2/c1-3-5-17-19(18(27)4-2)14-7-9-16(20(24)28)25-21(14)26(17)11-12-10-13(22)6-8-15(12)23/h6-10H,3-5,11H2,1-2H3,(H2,24,28). The Labute approximate surface area is 173 Å². The minimum atomic E-state index is -0.615. The van der Waals surface area contributed by atoms with Crippen molar-refractivity contribution >= 4 is 45.9 Å². The summed E-state index contributed by atoms with van der Waals surface area (Å²) in [6, 6.07) is 8.57. The van der Waals surface area contributed by atoms with Crippen molar-refractivity contribution in [3.63, 3.8) is 0 Å². The molecule has 28 heavy (non-hydrogen) atoms. The summed E-state index contributed by atoms with van der Waals surface area (Å²) < 4.78 is 1.95. The summed E-state index contributed by atoms with van der Waals surface area (Å²) in [5.41, 5.74) is 8.48. The Morgan fingerprint density at radius 1 is 1.14 bits per heavy atom. The molecule has 0 bridgehead atoms. The van der Waals surface area contributed by atoms with Crippen LogP contribution in [0.5, 0.6) is 0 Å². The summed E-state index contributed by atoms with van der Waals surface area (Å²) in [4.78, 5) is 28.9. The Morgan fingerprint density at radius 3 is 2.54 bits per heavy atom. The highest BCUT2D eigenvalue weighted by Gasteiger charge is 2.23. The second kappa shape index (κ2) is 8.33. The van der Waals surface area contributed by atoms with Crippen LogP contribution in [0.4, 0.5) is 0 Å². The third kappa shape index (κ3) is 3.77. The largest absolute Gasteiger partial charge is 0.364 e. The van der Waals surface area contributed by atoms with E-state index in [1.54, 1.807) is 30.3 Å². The number of ketones is 1. The number of primary amides is 1. The van der Waals surface area contributed by atoms with Crippen molar-refractivity contribution in [2.45, 2.75) is 39.7 Å². The first-order valence-electron chi connectivity index (χ1n) is 9.16. The number of aromatic nitrogens is 2. The zero-order chi connectivity index (χ0) is 20.4. The molecule has 5 nitrogen and oxygen atoms in total. The van der Waals surface area contributed by atoms with Gasteiger partial charge in [0.1, 0.15) is 11.3 Å². The van der Waals surface area contributed by atoms with Crippen molar-refractivity contribution < 1.29 is 9.59 Å². The van der Waals surface area contributed by atoms with E-state index in [9.17, 15) is 9.59 Å². The number of hydrogen-bond acceptors (Lipinski definition) is 3. The molecule has 0 aliphatic rings. The zero-order valence-corrected chi connectivity index (χ0v) is 17.3. The molecule has 3 aromatic rings. The van der Waals surface area contributed by atoms with Crippen molar-refractivity contribution in [1.29, 1.82) is 0 Å². The molecular weight excluding hydrogens is 397 g/mol. The fourth-order valence-electron chi connectivity index (χ4n) is 3.39. The van der Waals surface area contributed by atoms with Gasteiger partial charge in [0, 0.05) is 33.1 Å². The van der Waals surface area contributed by atoms with Crippen LogP contribution >= 0.6 is 23.2 Å². The van der Waals surface area contributed by atoms with E-state index in [0.29, 0.717) is 40.6 Å². The number of halogens is 2. The highest BCUT2D eigenvalue weighted by molar-refractivity contribution is 6.33. The lowest BCUT2D eigenvalue weighted by Gasteiger charge is -2.13. The summed E-state index contributed by atoms with van der Waals surface area (Å²) in [6.45, 7) is 4.27. The number of carbonyl (C=O) groups is 2. The van der Waals surface area contributed by atoms with E-state index in [-0.39, 0.29) is 11.5 Å². The van der Waals surface area contributed by atoms with Crippen LogP contribution in [0, 0.1) is 0 Å². The smallest absolute Gasteiger partial charge is 0.267 e. The van der Waals surface area contributed by atoms with Crippen molar-refractivity contribution in [3.8, 4) is 0 Å². The summed E-state index contributed by atoms with van der Waals surface area (Å²) in [6.07, 6.45) is 1.93. The van der Waals surface area contributed by atoms with Gasteiger partial charge in [0.25, 0.3) is 5.91 Å². The molecule has 0 radical (unpaired) electrons. The van der Waals surface area contributed by atoms with Gasteiger partial charge in [0.05, 0.1) is 6.54 Å². The van der Waals surface area contributed by atoms with E-state index in [4.69, 9.17) is 28.9 Å². The molecule has 2 N–H and O–H groups in total. The van der Waals surface area contributed by atoms with Crippen LogP contribution in [0.2, 0.25) is 10.0 Å². The Morgan fingerprint density at radius 2 is 1.89 bits per heavy atom. The van der Waals surface area contributed by atoms with E-state index in [2.05, 4.69) is 11.9 Å². The lowest BCUT2D eigenvalue weighted by atomic mass is 10.0. The van der Waals surface area contributed by atoms with Crippen LogP contribution in [0.1, 0.15) is 58.8 Å². The number of benzene rings is 1. The Kier molecular flexibility index (Phi) is 6.06. The van der Waals surface area contributed by atoms with E-state index >= 15 is 0 Å². The maximum absolute atomic E-state index is 12.7. The zero-order valence-electron chi connectivity index (χ0n) is 15.8. The fraction of sp³-hybridized carbons (Fsp3) is 0.286. The lowest BCUT2D eigenvalue weighted by molar-refractivity contribution is 0.0983. The molecule has 0 unspecified atom stereocenters. The van der Waals surface area contributed by atoms with Crippen LogP contribution in [-0.4, -0.2) is 21.2 Å². The van der Waals surface area contributed by atoms with Crippen molar-refractivity contribution in [2.75, 3.05) is 0 Å². The molecule has 0 fully saturated rings. The minimum absolute atomic E-state index is 0.0398. The molecule has 1 aromatic carbocycles. The summed E-state index contributed by atoms with van der Waals surface area (Å²) >= 11 is 12.5. The normalized spacial score (nSPS) is 11.1. The SMILES string of the molecule is CCCc1c(C(=O)CC)c2ccc(C(N)=O)nc2n1Cc1cc(Cl)ccc1Cl. The molecule has 0 atom stereocenters. The van der Waals surface area contributed by atoms with Crippen LogP contribution in [0.25, 0.3) is 11.0 Å². The number of amides is 1. The van der Waals surface area contributed by atoms with Gasteiger partial charge in [-0.05, 0) is 42.3 Å². The summed E-state index contributed by atoms with van der Waals surface area (Å²) in [5.74, 6) is -0.575. The molecule has 2 aromatic heterocycles. The van der Waals surface area contributed by atoms with Gasteiger partial charge >= 0.3 is 0 Å². The molecule has 0 saturated heterocycles. The first-order chi connectivity index (χ1) is 13.4. The molecule has 0 spiro atoms. The Bertz CT molecular complexity index is 1070. The molecule has 7 heteroatoms. The first-order valence-corrected chi connectivity index (χ1v) is 9.92. The number of carbonyl (C=O) groups excluding carboxylic acids is 2. The monoisotopic (exact) mass is 417 g/mol. The number of pyridine rings is 1. The topological polar surface area (TPSA) is 78.0 Å². The number of Topliss-reactive ketones (excluding diaryl/α,β-unsaturated/α-hetero) is 1. The van der Waals surface area contributed by atoms with E-state index in [0.717, 1.165) is 23.1 Å². The third-order valence-corrected chi connectivity index (χ3v) is 5.29. The summed E-state index contributed by atoms with van der Waals surface area (Å²) in [5, 5.41) is 1.87. The maximum Gasteiger partial charge on any atom is 0.267 e. The Balaban J connectivity index is 2.32. The van der Waals surface area contributed by atoms with Crippen molar-refractivity contribution in [3.05, 3.63) is 62.9 Å². The predicted molar refractivity (Wildman–Crippen MR) is 112 cm³/mol. The molecule has 2 heterocycles. The summed E-state index contributed by atoms with van der Waals surface area (Å²) in [7, 11) is 0. The fourth-order valence-corrected chi connectivity index (χ4v) is 3.77. The van der Waals surface area contributed by atoms with Gasteiger partial charge in [0.2, 0.25) is 0 Å². The molecular formula is C21H21Cl2N3O2.